The van der Waals surface area contributed by atoms with E-state index in [9.17, 15) is 13.2 Å². The minimum Gasteiger partial charge on any atom is -0.486 e. The zero-order valence-electron chi connectivity index (χ0n) is 14.0. The molecule has 0 saturated carbocycles. The Balaban J connectivity index is 2.00. The van der Waals surface area contributed by atoms with Gasteiger partial charge in [-0.25, -0.2) is 4.98 Å². The summed E-state index contributed by atoms with van der Waals surface area (Å²) in [7, 11) is 0. The summed E-state index contributed by atoms with van der Waals surface area (Å²) >= 11 is 0. The van der Waals surface area contributed by atoms with Crippen LogP contribution in [-0.2, 0) is 12.8 Å². The molecule has 0 N–H and O–H groups in total. The number of rotatable bonds is 5. The molecule has 0 amide bonds. The molecule has 1 heterocycles. The lowest BCUT2D eigenvalue weighted by Crippen LogP contribution is -2.11. The SMILES string of the molecule is CCC(C)n1c(COc2ccccc2)nc2cc(C(F)(F)F)ccc21. The fraction of sp³-hybridized carbons (Fsp3) is 0.316. The Hall–Kier alpha value is -2.50. The highest BCUT2D eigenvalue weighted by Crippen LogP contribution is 2.32. The van der Waals surface area contributed by atoms with E-state index in [1.165, 1.54) is 6.07 Å². The molecule has 3 nitrogen and oxygen atoms in total. The molecular formula is C19H19F3N2O. The van der Waals surface area contributed by atoms with Crippen LogP contribution < -0.4 is 4.74 Å². The molecule has 0 aliphatic rings. The number of fused-ring (bicyclic) bond motifs is 1. The van der Waals surface area contributed by atoms with E-state index in [4.69, 9.17) is 4.74 Å². The van der Waals surface area contributed by atoms with E-state index in [-0.39, 0.29) is 12.6 Å². The molecule has 3 rings (SSSR count). The van der Waals surface area contributed by atoms with Crippen LogP contribution >= 0.6 is 0 Å². The van der Waals surface area contributed by atoms with Crippen molar-refractivity contribution in [2.75, 3.05) is 0 Å². The number of hydrogen-bond acceptors (Lipinski definition) is 2. The van der Waals surface area contributed by atoms with Gasteiger partial charge in [0.05, 0.1) is 16.6 Å². The van der Waals surface area contributed by atoms with Crippen LogP contribution in [0.5, 0.6) is 5.75 Å². The topological polar surface area (TPSA) is 27.1 Å². The monoisotopic (exact) mass is 348 g/mol. The maximum atomic E-state index is 13.0. The lowest BCUT2D eigenvalue weighted by molar-refractivity contribution is -0.137. The summed E-state index contributed by atoms with van der Waals surface area (Å²) < 4.78 is 46.6. The van der Waals surface area contributed by atoms with Gasteiger partial charge in [0.1, 0.15) is 18.2 Å². The van der Waals surface area contributed by atoms with Crippen LogP contribution in [0, 0.1) is 0 Å². The van der Waals surface area contributed by atoms with Crippen LogP contribution in [0.4, 0.5) is 13.2 Å². The molecule has 0 fully saturated rings. The van der Waals surface area contributed by atoms with Gasteiger partial charge in [0.25, 0.3) is 0 Å². The first-order chi connectivity index (χ1) is 11.9. The third-order valence-electron chi connectivity index (χ3n) is 4.23. The fourth-order valence-corrected chi connectivity index (χ4v) is 2.77. The number of ether oxygens (including phenoxy) is 1. The first-order valence-corrected chi connectivity index (χ1v) is 8.16. The van der Waals surface area contributed by atoms with Gasteiger partial charge in [0, 0.05) is 6.04 Å². The van der Waals surface area contributed by atoms with Gasteiger partial charge in [0.2, 0.25) is 0 Å². The summed E-state index contributed by atoms with van der Waals surface area (Å²) in [5, 5.41) is 0. The second-order valence-corrected chi connectivity index (χ2v) is 5.96. The lowest BCUT2D eigenvalue weighted by Gasteiger charge is -2.16. The van der Waals surface area contributed by atoms with Crippen LogP contribution in [0.2, 0.25) is 0 Å². The second kappa shape index (κ2) is 6.78. The van der Waals surface area contributed by atoms with Gasteiger partial charge in [-0.15, -0.1) is 0 Å². The number of hydrogen-bond donors (Lipinski definition) is 0. The predicted molar refractivity (Wildman–Crippen MR) is 90.5 cm³/mol. The Kier molecular flexibility index (Phi) is 4.70. The molecule has 132 valence electrons. The van der Waals surface area contributed by atoms with E-state index in [1.54, 1.807) is 0 Å². The molecule has 3 aromatic rings. The molecule has 0 radical (unpaired) electrons. The van der Waals surface area contributed by atoms with E-state index < -0.39 is 11.7 Å². The first kappa shape index (κ1) is 17.3. The Morgan fingerprint density at radius 2 is 1.84 bits per heavy atom. The van der Waals surface area contributed by atoms with Gasteiger partial charge >= 0.3 is 6.18 Å². The maximum Gasteiger partial charge on any atom is 0.416 e. The standard InChI is InChI=1S/C19H19F3N2O/c1-3-13(2)24-17-10-9-14(19(20,21)22)11-16(17)23-18(24)12-25-15-7-5-4-6-8-15/h4-11,13H,3,12H2,1-2H3. The van der Waals surface area contributed by atoms with Gasteiger partial charge in [0.15, 0.2) is 0 Å². The van der Waals surface area contributed by atoms with E-state index in [0.29, 0.717) is 22.6 Å². The van der Waals surface area contributed by atoms with Crippen LogP contribution in [0.1, 0.15) is 37.7 Å². The molecule has 6 heteroatoms. The molecule has 0 spiro atoms. The van der Waals surface area contributed by atoms with Crippen LogP contribution in [0.25, 0.3) is 11.0 Å². The van der Waals surface area contributed by atoms with E-state index in [2.05, 4.69) is 4.98 Å². The Morgan fingerprint density at radius 1 is 1.12 bits per heavy atom. The van der Waals surface area contributed by atoms with Crippen molar-refractivity contribution in [1.82, 2.24) is 9.55 Å². The third kappa shape index (κ3) is 3.62. The molecule has 2 aromatic carbocycles. The van der Waals surface area contributed by atoms with Gasteiger partial charge in [-0.1, -0.05) is 25.1 Å². The highest BCUT2D eigenvalue weighted by atomic mass is 19.4. The summed E-state index contributed by atoms with van der Waals surface area (Å²) in [6.45, 7) is 4.25. The van der Waals surface area contributed by atoms with Crippen molar-refractivity contribution in [3.8, 4) is 5.75 Å². The Labute approximate surface area is 144 Å². The van der Waals surface area contributed by atoms with Crippen molar-refractivity contribution >= 4 is 11.0 Å². The summed E-state index contributed by atoms with van der Waals surface area (Å²) in [5.41, 5.74) is 0.333. The molecule has 0 saturated heterocycles. The molecular weight excluding hydrogens is 329 g/mol. The normalized spacial score (nSPS) is 13.2. The number of benzene rings is 2. The van der Waals surface area contributed by atoms with Crippen LogP contribution in [0.3, 0.4) is 0 Å². The summed E-state index contributed by atoms with van der Waals surface area (Å²) in [6, 6.07) is 13.1. The highest BCUT2D eigenvalue weighted by molar-refractivity contribution is 5.77. The number of para-hydroxylation sites is 1. The minimum absolute atomic E-state index is 0.108. The van der Waals surface area contributed by atoms with Gasteiger partial charge < -0.3 is 9.30 Å². The van der Waals surface area contributed by atoms with E-state index in [1.807, 2.05) is 48.7 Å². The van der Waals surface area contributed by atoms with Crippen molar-refractivity contribution in [2.45, 2.75) is 39.1 Å². The molecule has 1 aromatic heterocycles. The van der Waals surface area contributed by atoms with Crippen molar-refractivity contribution in [3.63, 3.8) is 0 Å². The van der Waals surface area contributed by atoms with Crippen molar-refractivity contribution in [3.05, 3.63) is 59.9 Å². The first-order valence-electron chi connectivity index (χ1n) is 8.16. The zero-order valence-corrected chi connectivity index (χ0v) is 14.0. The Bertz CT molecular complexity index is 856. The summed E-state index contributed by atoms with van der Waals surface area (Å²) in [6.07, 6.45) is -3.54. The van der Waals surface area contributed by atoms with Gasteiger partial charge in [-0.2, -0.15) is 13.2 Å². The van der Waals surface area contributed by atoms with E-state index >= 15 is 0 Å². The smallest absolute Gasteiger partial charge is 0.416 e. The highest BCUT2D eigenvalue weighted by Gasteiger charge is 2.31. The number of imidazole rings is 1. The van der Waals surface area contributed by atoms with Crippen molar-refractivity contribution in [1.29, 1.82) is 0 Å². The number of aromatic nitrogens is 2. The average molecular weight is 348 g/mol. The Morgan fingerprint density at radius 3 is 2.48 bits per heavy atom. The minimum atomic E-state index is -4.38. The van der Waals surface area contributed by atoms with Gasteiger partial charge in [-0.3, -0.25) is 0 Å². The summed E-state index contributed by atoms with van der Waals surface area (Å²) in [5.74, 6) is 1.31. The van der Waals surface area contributed by atoms with Crippen LogP contribution in [-0.4, -0.2) is 9.55 Å². The van der Waals surface area contributed by atoms with Crippen LogP contribution in [0.15, 0.2) is 48.5 Å². The number of alkyl halides is 3. The molecule has 25 heavy (non-hydrogen) atoms. The molecule has 1 unspecified atom stereocenters. The van der Waals surface area contributed by atoms with E-state index in [0.717, 1.165) is 18.6 Å². The third-order valence-corrected chi connectivity index (χ3v) is 4.23. The largest absolute Gasteiger partial charge is 0.486 e. The molecule has 0 aliphatic carbocycles. The number of halogens is 3. The quantitative estimate of drug-likeness (QED) is 0.600. The van der Waals surface area contributed by atoms with Crippen molar-refractivity contribution in [2.24, 2.45) is 0 Å². The molecule has 0 aliphatic heterocycles. The molecule has 1 atom stereocenters. The maximum absolute atomic E-state index is 13.0. The fourth-order valence-electron chi connectivity index (χ4n) is 2.77. The number of nitrogens with zero attached hydrogens (tertiary/aromatic N) is 2. The average Bonchev–Trinajstić information content (AvgIpc) is 2.97. The summed E-state index contributed by atoms with van der Waals surface area (Å²) in [4.78, 5) is 4.41. The van der Waals surface area contributed by atoms with Gasteiger partial charge in [-0.05, 0) is 43.7 Å². The zero-order chi connectivity index (χ0) is 18.0. The molecule has 0 bridgehead atoms. The lowest BCUT2D eigenvalue weighted by atomic mass is 10.2. The second-order valence-electron chi connectivity index (χ2n) is 5.96. The predicted octanol–water partition coefficient (Wildman–Crippen LogP) is 5.61. The van der Waals surface area contributed by atoms with Crippen molar-refractivity contribution < 1.29 is 17.9 Å².